The van der Waals surface area contributed by atoms with Crippen LogP contribution in [-0.4, -0.2) is 45.9 Å². The Morgan fingerprint density at radius 3 is 2.62 bits per heavy atom. The number of alkyl halides is 4. The zero-order chi connectivity index (χ0) is 22.5. The molecule has 3 heterocycles. The molecular weight excluding hydrogens is 444 g/mol. The molecule has 0 saturated carbocycles. The molecule has 32 heavy (non-hydrogen) atoms. The predicted octanol–water partition coefficient (Wildman–Crippen LogP) is 3.49. The summed E-state index contributed by atoms with van der Waals surface area (Å²) in [6, 6.07) is -0.720. The van der Waals surface area contributed by atoms with Gasteiger partial charge in [-0.25, -0.2) is 18.0 Å². The first kappa shape index (κ1) is 23.4. The minimum Gasteiger partial charge on any atom is -0.348 e. The summed E-state index contributed by atoms with van der Waals surface area (Å²) in [6.07, 6.45) is -6.21. The highest BCUT2D eigenvalue weighted by molar-refractivity contribution is 5.95. The summed E-state index contributed by atoms with van der Waals surface area (Å²) in [4.78, 5) is 26.0. The van der Waals surface area contributed by atoms with E-state index in [2.05, 4.69) is 10.4 Å². The van der Waals surface area contributed by atoms with Gasteiger partial charge in [0.25, 0.3) is 5.91 Å². The van der Waals surface area contributed by atoms with E-state index in [1.54, 1.807) is 0 Å². The number of fused-ring (bicyclic) bond motifs is 3. The molecule has 0 aliphatic carbocycles. The third-order valence-corrected chi connectivity index (χ3v) is 5.06. The zero-order valence-electron chi connectivity index (χ0n) is 15.7. The molecule has 2 aliphatic rings. The summed E-state index contributed by atoms with van der Waals surface area (Å²) in [6.45, 7) is -0.401. The number of carbonyl (C=O) groups excluding carboxylic acids is 2. The van der Waals surface area contributed by atoms with Gasteiger partial charge in [-0.05, 0) is 6.07 Å². The van der Waals surface area contributed by atoms with Crippen molar-refractivity contribution in [3.05, 3.63) is 46.3 Å². The smallest absolute Gasteiger partial charge is 0.348 e. The Kier molecular flexibility index (Phi) is 6.11. The predicted molar refractivity (Wildman–Crippen MR) is 101 cm³/mol. The molecule has 4 rings (SSSR count). The van der Waals surface area contributed by atoms with Crippen molar-refractivity contribution >= 4 is 17.6 Å². The number of carbonyl (C=O) groups is 2. The summed E-state index contributed by atoms with van der Waals surface area (Å²) in [5.74, 6) is -3.73. The standard InChI is InChI=1S/C18H15F6N5O2.CH4/c19-8-5-25-16(30)15-9-7-28(2-1-13(9)27-29(15)6-8)17(31)26-14-3-10(18(22,23)24)11(20)4-12(14)21;/h3-4,8H,1-2,5-7H2,(H,25,30)(H,26,31);1H4. The molecule has 1 aromatic carbocycles. The van der Waals surface area contributed by atoms with Crippen LogP contribution in [0.15, 0.2) is 12.1 Å². The average Bonchev–Trinajstić information content (AvgIpc) is 2.96. The molecule has 2 aliphatic heterocycles. The van der Waals surface area contributed by atoms with Crippen LogP contribution in [0.2, 0.25) is 0 Å². The first-order valence-corrected chi connectivity index (χ1v) is 9.17. The van der Waals surface area contributed by atoms with Crippen LogP contribution in [0, 0.1) is 11.6 Å². The summed E-state index contributed by atoms with van der Waals surface area (Å²) < 4.78 is 81.1. The third-order valence-electron chi connectivity index (χ3n) is 5.06. The monoisotopic (exact) mass is 463 g/mol. The second-order valence-corrected chi connectivity index (χ2v) is 7.17. The third kappa shape index (κ3) is 4.23. The maximum Gasteiger partial charge on any atom is 0.419 e. The maximum absolute atomic E-state index is 14.0. The van der Waals surface area contributed by atoms with Gasteiger partial charge in [0, 0.05) is 24.6 Å². The number of amides is 3. The fourth-order valence-corrected chi connectivity index (χ4v) is 3.58. The van der Waals surface area contributed by atoms with Crippen molar-refractivity contribution < 1.29 is 35.9 Å². The fourth-order valence-electron chi connectivity index (χ4n) is 3.58. The number of benzene rings is 1. The molecule has 2 aromatic rings. The van der Waals surface area contributed by atoms with Crippen LogP contribution in [0.25, 0.3) is 0 Å². The molecule has 13 heteroatoms. The van der Waals surface area contributed by atoms with Gasteiger partial charge in [0.2, 0.25) is 0 Å². The van der Waals surface area contributed by atoms with Crippen LogP contribution in [-0.2, 0) is 25.7 Å². The molecule has 0 radical (unpaired) electrons. The summed E-state index contributed by atoms with van der Waals surface area (Å²) in [5, 5.41) is 8.65. The number of rotatable bonds is 1. The van der Waals surface area contributed by atoms with Crippen molar-refractivity contribution in [2.24, 2.45) is 0 Å². The van der Waals surface area contributed by atoms with E-state index in [9.17, 15) is 35.9 Å². The Morgan fingerprint density at radius 2 is 1.94 bits per heavy atom. The second-order valence-electron chi connectivity index (χ2n) is 7.17. The van der Waals surface area contributed by atoms with Gasteiger partial charge in [0.15, 0.2) is 0 Å². The number of anilines is 1. The highest BCUT2D eigenvalue weighted by Gasteiger charge is 2.36. The Hall–Kier alpha value is -3.25. The quantitative estimate of drug-likeness (QED) is 0.636. The van der Waals surface area contributed by atoms with Crippen molar-refractivity contribution in [3.8, 4) is 0 Å². The minimum atomic E-state index is -5.07. The molecule has 7 nitrogen and oxygen atoms in total. The van der Waals surface area contributed by atoms with Crippen molar-refractivity contribution in [3.63, 3.8) is 0 Å². The summed E-state index contributed by atoms with van der Waals surface area (Å²) >= 11 is 0. The van der Waals surface area contributed by atoms with Crippen LogP contribution in [0.4, 0.5) is 36.8 Å². The normalized spacial score (nSPS) is 18.1. The molecule has 174 valence electrons. The van der Waals surface area contributed by atoms with E-state index >= 15 is 0 Å². The van der Waals surface area contributed by atoms with E-state index in [1.807, 2.05) is 5.32 Å². The molecule has 0 bridgehead atoms. The summed E-state index contributed by atoms with van der Waals surface area (Å²) in [5.41, 5.74) is -1.58. The Balaban J connectivity index is 0.00000289. The molecule has 1 atom stereocenters. The van der Waals surface area contributed by atoms with E-state index in [1.165, 1.54) is 4.68 Å². The van der Waals surface area contributed by atoms with Gasteiger partial charge in [-0.1, -0.05) is 7.43 Å². The van der Waals surface area contributed by atoms with Gasteiger partial charge in [0.05, 0.1) is 36.6 Å². The Morgan fingerprint density at radius 1 is 1.22 bits per heavy atom. The van der Waals surface area contributed by atoms with E-state index in [0.29, 0.717) is 11.3 Å². The van der Waals surface area contributed by atoms with Gasteiger partial charge in [-0.15, -0.1) is 0 Å². The highest BCUT2D eigenvalue weighted by Crippen LogP contribution is 2.34. The van der Waals surface area contributed by atoms with Crippen LogP contribution in [0.3, 0.4) is 0 Å². The Labute approximate surface area is 178 Å². The summed E-state index contributed by atoms with van der Waals surface area (Å²) in [7, 11) is 0. The number of urea groups is 1. The van der Waals surface area contributed by atoms with Gasteiger partial charge >= 0.3 is 12.2 Å². The topological polar surface area (TPSA) is 79.3 Å². The highest BCUT2D eigenvalue weighted by atomic mass is 19.4. The van der Waals surface area contributed by atoms with E-state index in [4.69, 9.17) is 0 Å². The van der Waals surface area contributed by atoms with E-state index in [0.717, 1.165) is 4.90 Å². The average molecular weight is 463 g/mol. The van der Waals surface area contributed by atoms with E-state index in [-0.39, 0.29) is 57.9 Å². The SMILES string of the molecule is C.O=C1NCC(F)Cn2nc3c(c21)CN(C(=O)Nc1cc(C(F)(F)F)c(F)cc1F)CC3. The lowest BCUT2D eigenvalue weighted by molar-refractivity contribution is -0.140. The van der Waals surface area contributed by atoms with Crippen LogP contribution >= 0.6 is 0 Å². The molecule has 1 aromatic heterocycles. The number of nitrogens with one attached hydrogen (secondary N) is 2. The zero-order valence-corrected chi connectivity index (χ0v) is 15.7. The van der Waals surface area contributed by atoms with Crippen LogP contribution < -0.4 is 10.6 Å². The molecule has 1 unspecified atom stereocenters. The number of aromatic nitrogens is 2. The van der Waals surface area contributed by atoms with Crippen LogP contribution in [0.1, 0.15) is 34.7 Å². The van der Waals surface area contributed by atoms with Crippen molar-refractivity contribution in [1.82, 2.24) is 20.0 Å². The number of hydrogen-bond donors (Lipinski definition) is 2. The molecule has 0 saturated heterocycles. The first-order chi connectivity index (χ1) is 14.5. The van der Waals surface area contributed by atoms with Crippen LogP contribution in [0.5, 0.6) is 0 Å². The number of halogens is 6. The van der Waals surface area contributed by atoms with Gasteiger partial charge in [0.1, 0.15) is 23.5 Å². The van der Waals surface area contributed by atoms with Gasteiger partial charge in [-0.3, -0.25) is 9.48 Å². The second kappa shape index (κ2) is 8.36. The molecule has 3 amide bonds. The largest absolute Gasteiger partial charge is 0.419 e. The maximum atomic E-state index is 14.0. The van der Waals surface area contributed by atoms with E-state index < -0.39 is 47.2 Å². The minimum absolute atomic E-state index is 0. The Bertz CT molecular complexity index is 1070. The van der Waals surface area contributed by atoms with Gasteiger partial charge in [-0.2, -0.15) is 18.3 Å². The van der Waals surface area contributed by atoms with Crippen molar-refractivity contribution in [2.75, 3.05) is 18.4 Å². The van der Waals surface area contributed by atoms with Gasteiger partial charge < -0.3 is 15.5 Å². The first-order valence-electron chi connectivity index (χ1n) is 9.17. The molecule has 0 spiro atoms. The number of hydrogen-bond acceptors (Lipinski definition) is 3. The fraction of sp³-hybridized carbons (Fsp3) is 0.421. The lowest BCUT2D eigenvalue weighted by Crippen LogP contribution is -2.39. The molecule has 2 N–H and O–H groups in total. The molecule has 0 fully saturated rings. The number of nitrogens with zero attached hydrogens (tertiary/aromatic N) is 3. The van der Waals surface area contributed by atoms with Crippen molar-refractivity contribution in [1.29, 1.82) is 0 Å². The molecular formula is C19H19F6N5O2. The van der Waals surface area contributed by atoms with Crippen molar-refractivity contribution in [2.45, 2.75) is 39.3 Å². The lowest BCUT2D eigenvalue weighted by Gasteiger charge is -2.27. The lowest BCUT2D eigenvalue weighted by atomic mass is 10.1.